The van der Waals surface area contributed by atoms with E-state index in [0.717, 1.165) is 16.3 Å². The van der Waals surface area contributed by atoms with Gasteiger partial charge in [-0.25, -0.2) is 0 Å². The molecule has 0 unspecified atom stereocenters. The molecule has 0 radical (unpaired) electrons. The van der Waals surface area contributed by atoms with Gasteiger partial charge in [-0.1, -0.05) is 71.7 Å². The van der Waals surface area contributed by atoms with E-state index in [1.54, 1.807) is 18.2 Å². The first kappa shape index (κ1) is 14.1. The van der Waals surface area contributed by atoms with E-state index in [4.69, 9.17) is 23.2 Å². The van der Waals surface area contributed by atoms with Gasteiger partial charge in [0.1, 0.15) is 0 Å². The lowest BCUT2D eigenvalue weighted by Crippen LogP contribution is -2.05. The van der Waals surface area contributed by atoms with Crippen LogP contribution < -0.4 is 0 Å². The van der Waals surface area contributed by atoms with E-state index in [0.29, 0.717) is 22.0 Å². The molecule has 0 amide bonds. The molecule has 1 nitrogen and oxygen atoms in total. The smallest absolute Gasteiger partial charge is 0.168 e. The molecule has 0 heterocycles. The maximum atomic E-state index is 12.5. The minimum atomic E-state index is -0.0288. The van der Waals surface area contributed by atoms with Gasteiger partial charge in [-0.3, -0.25) is 4.79 Å². The zero-order valence-electron chi connectivity index (χ0n) is 11.1. The van der Waals surface area contributed by atoms with Crippen molar-refractivity contribution in [1.29, 1.82) is 0 Å². The van der Waals surface area contributed by atoms with Crippen LogP contribution in [-0.4, -0.2) is 5.78 Å². The second-order valence-electron chi connectivity index (χ2n) is 4.84. The van der Waals surface area contributed by atoms with Crippen molar-refractivity contribution in [3.63, 3.8) is 0 Å². The summed E-state index contributed by atoms with van der Waals surface area (Å²) < 4.78 is 0. The first-order valence-electron chi connectivity index (χ1n) is 6.60. The van der Waals surface area contributed by atoms with Gasteiger partial charge in [0, 0.05) is 12.0 Å². The number of halogens is 2. The Balaban J connectivity index is 1.99. The Morgan fingerprint density at radius 1 is 0.857 bits per heavy atom. The number of hydrogen-bond acceptors (Lipinski definition) is 1. The lowest BCUT2D eigenvalue weighted by atomic mass is 9.98. The zero-order chi connectivity index (χ0) is 14.8. The quantitative estimate of drug-likeness (QED) is 0.577. The van der Waals surface area contributed by atoms with Crippen LogP contribution >= 0.6 is 23.2 Å². The van der Waals surface area contributed by atoms with E-state index in [-0.39, 0.29) is 5.78 Å². The number of carbonyl (C=O) groups is 1. The summed E-state index contributed by atoms with van der Waals surface area (Å²) in [5.41, 5.74) is 1.46. The molecule has 0 saturated heterocycles. The summed E-state index contributed by atoms with van der Waals surface area (Å²) in [5.74, 6) is -0.0288. The molecule has 3 aromatic carbocycles. The Bertz CT molecular complexity index is 819. The Morgan fingerprint density at radius 3 is 2.43 bits per heavy atom. The molecular weight excluding hydrogens is 303 g/mol. The molecule has 0 atom stereocenters. The van der Waals surface area contributed by atoms with Crippen molar-refractivity contribution < 1.29 is 4.79 Å². The summed E-state index contributed by atoms with van der Waals surface area (Å²) >= 11 is 12.1. The molecule has 3 aromatic rings. The molecule has 3 rings (SSSR count). The molecule has 104 valence electrons. The van der Waals surface area contributed by atoms with Crippen LogP contribution in [-0.2, 0) is 6.42 Å². The van der Waals surface area contributed by atoms with Crippen molar-refractivity contribution in [2.24, 2.45) is 0 Å². The van der Waals surface area contributed by atoms with Crippen molar-refractivity contribution in [3.05, 3.63) is 81.8 Å². The largest absolute Gasteiger partial charge is 0.294 e. The standard InChI is InChI=1S/C18H12Cl2O/c19-16-10-4-9-15(18(16)20)17(21)11-13-7-3-6-12-5-1-2-8-14(12)13/h1-10H,11H2. The first-order chi connectivity index (χ1) is 10.2. The van der Waals surface area contributed by atoms with E-state index in [1.165, 1.54) is 0 Å². The van der Waals surface area contributed by atoms with Gasteiger partial charge in [-0.2, -0.15) is 0 Å². The highest BCUT2D eigenvalue weighted by atomic mass is 35.5. The molecule has 3 heteroatoms. The van der Waals surface area contributed by atoms with E-state index >= 15 is 0 Å². The summed E-state index contributed by atoms with van der Waals surface area (Å²) in [7, 11) is 0. The average molecular weight is 315 g/mol. The Kier molecular flexibility index (Phi) is 3.96. The van der Waals surface area contributed by atoms with Gasteiger partial charge >= 0.3 is 0 Å². The van der Waals surface area contributed by atoms with E-state index in [2.05, 4.69) is 0 Å². The van der Waals surface area contributed by atoms with Crippen molar-refractivity contribution in [2.45, 2.75) is 6.42 Å². The summed E-state index contributed by atoms with van der Waals surface area (Å²) in [6, 6.07) is 19.1. The Labute approximate surface area is 133 Å². The van der Waals surface area contributed by atoms with E-state index < -0.39 is 0 Å². The number of Topliss-reactive ketones (excluding diaryl/α,β-unsaturated/α-hetero) is 1. The third-order valence-corrected chi connectivity index (χ3v) is 4.30. The molecular formula is C18H12Cl2O. The molecule has 0 N–H and O–H groups in total. The molecule has 0 saturated carbocycles. The maximum Gasteiger partial charge on any atom is 0.168 e. The molecule has 0 bridgehead atoms. The van der Waals surface area contributed by atoms with Gasteiger partial charge in [-0.15, -0.1) is 0 Å². The second kappa shape index (κ2) is 5.88. The van der Waals surface area contributed by atoms with Crippen LogP contribution in [0.25, 0.3) is 10.8 Å². The number of fused-ring (bicyclic) bond motifs is 1. The number of benzene rings is 3. The SMILES string of the molecule is O=C(Cc1cccc2ccccc12)c1cccc(Cl)c1Cl. The van der Waals surface area contributed by atoms with Crippen LogP contribution in [0.2, 0.25) is 10.0 Å². The molecule has 21 heavy (non-hydrogen) atoms. The van der Waals surface area contributed by atoms with Crippen molar-refractivity contribution in [3.8, 4) is 0 Å². The molecule has 0 fully saturated rings. The minimum Gasteiger partial charge on any atom is -0.294 e. The fourth-order valence-electron chi connectivity index (χ4n) is 2.43. The second-order valence-corrected chi connectivity index (χ2v) is 5.62. The van der Waals surface area contributed by atoms with Crippen LogP contribution in [0.5, 0.6) is 0 Å². The third-order valence-electron chi connectivity index (χ3n) is 3.48. The summed E-state index contributed by atoms with van der Waals surface area (Å²) in [4.78, 5) is 12.5. The lowest BCUT2D eigenvalue weighted by molar-refractivity contribution is 0.0993. The first-order valence-corrected chi connectivity index (χ1v) is 7.36. The van der Waals surface area contributed by atoms with Crippen LogP contribution in [0.1, 0.15) is 15.9 Å². The van der Waals surface area contributed by atoms with Crippen molar-refractivity contribution >= 4 is 39.8 Å². The molecule has 0 aliphatic heterocycles. The van der Waals surface area contributed by atoms with Gasteiger partial charge in [0.15, 0.2) is 5.78 Å². The fraction of sp³-hybridized carbons (Fsp3) is 0.0556. The summed E-state index contributed by atoms with van der Waals surface area (Å²) in [6.07, 6.45) is 0.307. The van der Waals surface area contributed by atoms with Gasteiger partial charge < -0.3 is 0 Å². The summed E-state index contributed by atoms with van der Waals surface area (Å²) in [5, 5.41) is 2.94. The molecule has 0 aliphatic carbocycles. The Morgan fingerprint density at radius 2 is 1.57 bits per heavy atom. The third kappa shape index (κ3) is 2.80. The highest BCUT2D eigenvalue weighted by Crippen LogP contribution is 2.27. The molecule has 0 aliphatic rings. The average Bonchev–Trinajstić information content (AvgIpc) is 2.50. The van der Waals surface area contributed by atoms with Gasteiger partial charge in [-0.05, 0) is 28.5 Å². The zero-order valence-corrected chi connectivity index (χ0v) is 12.7. The van der Waals surface area contributed by atoms with Crippen LogP contribution in [0.15, 0.2) is 60.7 Å². The summed E-state index contributed by atoms with van der Waals surface area (Å²) in [6.45, 7) is 0. The van der Waals surface area contributed by atoms with Crippen LogP contribution in [0, 0.1) is 0 Å². The van der Waals surface area contributed by atoms with Gasteiger partial charge in [0.25, 0.3) is 0 Å². The highest BCUT2D eigenvalue weighted by molar-refractivity contribution is 6.43. The number of rotatable bonds is 3. The monoisotopic (exact) mass is 314 g/mol. The van der Waals surface area contributed by atoms with Crippen LogP contribution in [0.3, 0.4) is 0 Å². The molecule has 0 aromatic heterocycles. The van der Waals surface area contributed by atoms with Crippen molar-refractivity contribution in [1.82, 2.24) is 0 Å². The number of carbonyl (C=O) groups excluding carboxylic acids is 1. The maximum absolute atomic E-state index is 12.5. The van der Waals surface area contributed by atoms with Gasteiger partial charge in [0.2, 0.25) is 0 Å². The lowest BCUT2D eigenvalue weighted by Gasteiger charge is -2.08. The van der Waals surface area contributed by atoms with E-state index in [1.807, 2.05) is 42.5 Å². The number of hydrogen-bond donors (Lipinski definition) is 0. The van der Waals surface area contributed by atoms with Gasteiger partial charge in [0.05, 0.1) is 10.0 Å². The Hall–Kier alpha value is -1.83. The van der Waals surface area contributed by atoms with Crippen molar-refractivity contribution in [2.75, 3.05) is 0 Å². The number of ketones is 1. The fourth-order valence-corrected chi connectivity index (χ4v) is 2.84. The van der Waals surface area contributed by atoms with Crippen LogP contribution in [0.4, 0.5) is 0 Å². The highest BCUT2D eigenvalue weighted by Gasteiger charge is 2.14. The molecule has 0 spiro atoms. The predicted molar refractivity (Wildman–Crippen MR) is 88.4 cm³/mol. The topological polar surface area (TPSA) is 17.1 Å². The minimum absolute atomic E-state index is 0.0288. The van der Waals surface area contributed by atoms with E-state index in [9.17, 15) is 4.79 Å². The predicted octanol–water partition coefficient (Wildman–Crippen LogP) is 5.57. The normalized spacial score (nSPS) is 10.8.